The Kier molecular flexibility index (Phi) is 42.1. The molecule has 0 fully saturated rings. The van der Waals surface area contributed by atoms with Crippen molar-refractivity contribution >= 4 is 13.7 Å². The van der Waals surface area contributed by atoms with E-state index < -0.39 is 32.7 Å². The van der Waals surface area contributed by atoms with E-state index in [2.05, 4.69) is 147 Å². The van der Waals surface area contributed by atoms with E-state index >= 15 is 0 Å². The number of unbranched alkanes of at least 4 members (excludes halogenated alkanes) is 6. The van der Waals surface area contributed by atoms with Gasteiger partial charge in [0.15, 0.2) is 0 Å². The van der Waals surface area contributed by atoms with Gasteiger partial charge in [0, 0.05) is 6.42 Å². The van der Waals surface area contributed by atoms with Crippen molar-refractivity contribution in [2.45, 2.75) is 167 Å². The fraction of sp³-hybridized carbons (Fsp3) is 0.582. The summed E-state index contributed by atoms with van der Waals surface area (Å²) in [6, 6.07) is -1.10. The van der Waals surface area contributed by atoms with Crippen LogP contribution >= 0.6 is 7.82 Å². The van der Waals surface area contributed by atoms with Crippen molar-refractivity contribution in [1.29, 1.82) is 0 Å². The molecule has 0 saturated heterocycles. The first-order chi connectivity index (χ1) is 31.4. The molecule has 0 saturated carbocycles. The lowest BCUT2D eigenvalue weighted by Gasteiger charge is -2.28. The number of nitrogens with zero attached hydrogens (tertiary/aromatic N) is 1. The number of carbonyl (C=O) groups excluding carboxylic acids is 1. The molecule has 0 rings (SSSR count). The van der Waals surface area contributed by atoms with E-state index in [0.29, 0.717) is 36.7 Å². The molecule has 0 bridgehead atoms. The van der Waals surface area contributed by atoms with Gasteiger partial charge in [0.1, 0.15) is 19.3 Å². The topological polar surface area (TPSA) is 125 Å². The Balaban J connectivity index is 4.53. The highest BCUT2D eigenvalue weighted by Gasteiger charge is 2.31. The molecular weight excluding hydrogens is 832 g/mol. The largest absolute Gasteiger partial charge is 0.472 e. The molecule has 0 heterocycles. The van der Waals surface area contributed by atoms with Gasteiger partial charge in [0.2, 0.25) is 5.91 Å². The SMILES string of the molecule is CC/C=C\C/C=C\C/C=C\C/C=C\C/C=C\C/C=C\C/C=C\C/C=C\C/C=C\CCCC(=O)NC(COP(=O)(O)OCC[N+](C)(C)C)C(O)C(O)CCC/C=C/CC/C=C/CCCCC. The third kappa shape index (κ3) is 45.5. The Morgan fingerprint density at radius 3 is 1.40 bits per heavy atom. The van der Waals surface area contributed by atoms with Crippen molar-refractivity contribution in [3.8, 4) is 0 Å². The van der Waals surface area contributed by atoms with Crippen molar-refractivity contribution in [2.24, 2.45) is 0 Å². The summed E-state index contributed by atoms with van der Waals surface area (Å²) in [5, 5.41) is 24.6. The van der Waals surface area contributed by atoms with E-state index in [0.717, 1.165) is 83.5 Å². The summed E-state index contributed by atoms with van der Waals surface area (Å²) in [5.41, 5.74) is 0. The zero-order valence-corrected chi connectivity index (χ0v) is 42.2. The van der Waals surface area contributed by atoms with Crippen LogP contribution in [0, 0.1) is 0 Å². The lowest BCUT2D eigenvalue weighted by Crippen LogP contribution is -2.51. The molecule has 9 nitrogen and oxygen atoms in total. The lowest BCUT2D eigenvalue weighted by molar-refractivity contribution is -0.870. The van der Waals surface area contributed by atoms with Crippen LogP contribution in [-0.2, 0) is 18.4 Å². The van der Waals surface area contributed by atoms with E-state index in [4.69, 9.17) is 9.05 Å². The standard InChI is InChI=1S/C55H91N2O7P/c1-6-8-10-12-14-16-18-20-21-22-23-24-25-26-27-28-29-30-31-32-33-34-35-36-38-40-42-44-46-48-54(59)56-52(51-64-65(61,62)63-50-49-57(3,4)5)55(60)53(58)47-45-43-41-39-37-19-17-15-13-11-9-7-2/h8,10,14-17,20-21,23-24,26-27,29-30,32-33,35-36,39-42,52-53,55,58,60H,6-7,9,11-13,18-19,22,25,28,31,34,37-38,43-51H2,1-5H3,(H-,56,59,61,62)/p+1/b10-8-,16-14-,17-15+,21-20-,24-23-,27-26-,30-29-,33-32-,36-35-,41-39+,42-40-. The zero-order chi connectivity index (χ0) is 48.0. The average Bonchev–Trinajstić information content (AvgIpc) is 3.26. The second-order valence-electron chi connectivity index (χ2n) is 17.2. The third-order valence-corrected chi connectivity index (χ3v) is 10.9. The van der Waals surface area contributed by atoms with E-state index in [1.807, 2.05) is 27.2 Å². The first-order valence-corrected chi connectivity index (χ1v) is 26.1. The molecule has 0 aromatic heterocycles. The van der Waals surface area contributed by atoms with Crippen LogP contribution in [-0.4, -0.2) is 84.6 Å². The van der Waals surface area contributed by atoms with Crippen LogP contribution in [0.4, 0.5) is 0 Å². The molecule has 4 atom stereocenters. The zero-order valence-electron chi connectivity index (χ0n) is 41.3. The van der Waals surface area contributed by atoms with Gasteiger partial charge >= 0.3 is 7.82 Å². The second kappa shape index (κ2) is 44.4. The van der Waals surface area contributed by atoms with Gasteiger partial charge in [-0.1, -0.05) is 160 Å². The Labute approximate surface area is 397 Å². The molecule has 0 aliphatic carbocycles. The number of hydrogen-bond donors (Lipinski definition) is 4. The van der Waals surface area contributed by atoms with Gasteiger partial charge in [-0.15, -0.1) is 0 Å². The van der Waals surface area contributed by atoms with Crippen molar-refractivity contribution < 1.29 is 38.0 Å². The molecule has 0 aromatic rings. The van der Waals surface area contributed by atoms with Crippen LogP contribution in [0.1, 0.15) is 149 Å². The fourth-order valence-corrected chi connectivity index (χ4v) is 6.78. The number of quaternary nitrogens is 1. The number of likely N-dealkylation sites (N-methyl/N-ethyl adjacent to an activating group) is 1. The van der Waals surface area contributed by atoms with Gasteiger partial charge in [-0.2, -0.15) is 0 Å². The van der Waals surface area contributed by atoms with Gasteiger partial charge in [0.25, 0.3) is 0 Å². The van der Waals surface area contributed by atoms with Gasteiger partial charge in [0.05, 0.1) is 39.9 Å². The summed E-state index contributed by atoms with van der Waals surface area (Å²) >= 11 is 0. The minimum atomic E-state index is -4.46. The summed E-state index contributed by atoms with van der Waals surface area (Å²) in [6.07, 6.45) is 64.0. The van der Waals surface area contributed by atoms with E-state index in [-0.39, 0.29) is 18.9 Å². The number of phosphoric ester groups is 1. The van der Waals surface area contributed by atoms with Gasteiger partial charge in [-0.25, -0.2) is 4.57 Å². The molecule has 368 valence electrons. The molecule has 0 aromatic carbocycles. The summed E-state index contributed by atoms with van der Waals surface area (Å²) in [4.78, 5) is 23.2. The summed E-state index contributed by atoms with van der Waals surface area (Å²) in [5.74, 6) is -0.338. The first-order valence-electron chi connectivity index (χ1n) is 24.6. The van der Waals surface area contributed by atoms with Gasteiger partial charge in [-0.05, 0) is 116 Å². The Morgan fingerprint density at radius 2 is 0.954 bits per heavy atom. The molecule has 65 heavy (non-hydrogen) atoms. The summed E-state index contributed by atoms with van der Waals surface area (Å²) < 4.78 is 23.5. The summed E-state index contributed by atoms with van der Waals surface area (Å²) in [6.45, 7) is 4.35. The fourth-order valence-electron chi connectivity index (χ4n) is 6.04. The minimum absolute atomic E-state index is 0.00562. The van der Waals surface area contributed by atoms with Crippen molar-refractivity contribution in [3.05, 3.63) is 134 Å². The number of aliphatic hydroxyl groups is 2. The lowest BCUT2D eigenvalue weighted by atomic mass is 10.0. The number of carbonyl (C=O) groups is 1. The monoisotopic (exact) mass is 924 g/mol. The smallest absolute Gasteiger partial charge is 0.390 e. The molecular formula is C55H92N2O7P+. The number of aliphatic hydroxyl groups excluding tert-OH is 2. The normalized spacial score (nSPS) is 15.8. The van der Waals surface area contributed by atoms with E-state index in [1.54, 1.807) is 0 Å². The first kappa shape index (κ1) is 61.6. The second-order valence-corrected chi connectivity index (χ2v) is 18.7. The maximum absolute atomic E-state index is 12.9. The number of amides is 1. The Bertz CT molecular complexity index is 1530. The number of hydrogen-bond acceptors (Lipinski definition) is 6. The molecule has 4 N–H and O–H groups in total. The molecule has 1 amide bonds. The summed E-state index contributed by atoms with van der Waals surface area (Å²) in [7, 11) is 1.34. The maximum Gasteiger partial charge on any atom is 0.472 e. The minimum Gasteiger partial charge on any atom is -0.390 e. The predicted octanol–water partition coefficient (Wildman–Crippen LogP) is 13.4. The average molecular weight is 924 g/mol. The number of nitrogens with one attached hydrogen (secondary N) is 1. The van der Waals surface area contributed by atoms with Crippen LogP contribution in [0.3, 0.4) is 0 Å². The van der Waals surface area contributed by atoms with Crippen LogP contribution < -0.4 is 5.32 Å². The van der Waals surface area contributed by atoms with E-state index in [1.165, 1.54) is 19.3 Å². The third-order valence-electron chi connectivity index (χ3n) is 9.95. The Hall–Kier alpha value is -3.40. The van der Waals surface area contributed by atoms with Crippen LogP contribution in [0.25, 0.3) is 0 Å². The molecule has 0 radical (unpaired) electrons. The highest BCUT2D eigenvalue weighted by atomic mass is 31.2. The highest BCUT2D eigenvalue weighted by Crippen LogP contribution is 2.43. The molecule has 0 aliphatic heterocycles. The molecule has 0 aliphatic rings. The quantitative estimate of drug-likeness (QED) is 0.0208. The van der Waals surface area contributed by atoms with Crippen molar-refractivity contribution in [3.63, 3.8) is 0 Å². The molecule has 0 spiro atoms. The molecule has 10 heteroatoms. The van der Waals surface area contributed by atoms with Crippen molar-refractivity contribution in [1.82, 2.24) is 5.32 Å². The maximum atomic E-state index is 12.9. The molecule has 4 unspecified atom stereocenters. The van der Waals surface area contributed by atoms with Crippen LogP contribution in [0.2, 0.25) is 0 Å². The predicted molar refractivity (Wildman–Crippen MR) is 277 cm³/mol. The van der Waals surface area contributed by atoms with E-state index in [9.17, 15) is 24.5 Å². The van der Waals surface area contributed by atoms with Crippen LogP contribution in [0.15, 0.2) is 134 Å². The van der Waals surface area contributed by atoms with Gasteiger partial charge < -0.3 is 24.9 Å². The van der Waals surface area contributed by atoms with Crippen LogP contribution in [0.5, 0.6) is 0 Å². The Morgan fingerprint density at radius 1 is 0.554 bits per heavy atom. The number of allylic oxidation sites excluding steroid dienone is 22. The number of phosphoric acid groups is 1. The number of rotatable bonds is 42. The highest BCUT2D eigenvalue weighted by molar-refractivity contribution is 7.47. The van der Waals surface area contributed by atoms with Gasteiger partial charge in [-0.3, -0.25) is 13.8 Å². The van der Waals surface area contributed by atoms with Crippen molar-refractivity contribution in [2.75, 3.05) is 40.9 Å².